The predicted molar refractivity (Wildman–Crippen MR) is 126 cm³/mol. The Morgan fingerprint density at radius 3 is 2.52 bits per heavy atom. The fourth-order valence-corrected chi connectivity index (χ4v) is 8.13. The molecule has 182 valence electrons. The van der Waals surface area contributed by atoms with Gasteiger partial charge in [-0.2, -0.15) is 4.31 Å². The number of nitrogens with zero attached hydrogens (tertiary/aromatic N) is 2. The van der Waals surface area contributed by atoms with Crippen molar-refractivity contribution in [2.45, 2.75) is 70.2 Å². The van der Waals surface area contributed by atoms with E-state index in [9.17, 15) is 18.0 Å². The number of piperidine rings is 1. The lowest BCUT2D eigenvalue weighted by Gasteiger charge is -2.39. The van der Waals surface area contributed by atoms with Crippen LogP contribution < -0.4 is 0 Å². The third-order valence-corrected chi connectivity index (χ3v) is 9.54. The lowest BCUT2D eigenvalue weighted by atomic mass is 9.65. The summed E-state index contributed by atoms with van der Waals surface area (Å²) >= 11 is 6.19. The average molecular weight is 497 g/mol. The van der Waals surface area contributed by atoms with E-state index in [2.05, 4.69) is 20.8 Å². The fraction of sp³-hybridized carbons (Fsp3) is 0.667. The molecule has 1 aromatic carbocycles. The molecule has 3 fully saturated rings. The van der Waals surface area contributed by atoms with E-state index in [1.54, 1.807) is 0 Å². The molecule has 4 rings (SSSR count). The molecule has 2 unspecified atom stereocenters. The molecular weight excluding hydrogens is 464 g/mol. The van der Waals surface area contributed by atoms with Crippen LogP contribution in [0.2, 0.25) is 5.02 Å². The standard InChI is InChI=1S/C24H33ClN2O5S/c1-23(2)12-18-13-24(3,15-23)16-27(18)21(28)14-32-22(29)17-7-8-19(25)20(11-17)33(30,31)26-9-5-4-6-10-26/h7-8,11,18H,4-6,9-10,12-16H2,1-3H3. The van der Waals surface area contributed by atoms with Crippen LogP contribution in [0.1, 0.15) is 69.7 Å². The second-order valence-electron chi connectivity index (χ2n) is 10.9. The molecule has 2 saturated heterocycles. The Labute approximate surface area is 201 Å². The van der Waals surface area contributed by atoms with Gasteiger partial charge in [0.15, 0.2) is 6.61 Å². The van der Waals surface area contributed by atoms with E-state index in [-0.39, 0.29) is 44.9 Å². The molecule has 0 radical (unpaired) electrons. The fourth-order valence-electron chi connectivity index (χ4n) is 6.12. The van der Waals surface area contributed by atoms with Crippen molar-refractivity contribution in [3.05, 3.63) is 28.8 Å². The number of benzene rings is 1. The first-order valence-corrected chi connectivity index (χ1v) is 13.5. The van der Waals surface area contributed by atoms with Crippen LogP contribution in [-0.4, -0.2) is 61.8 Å². The highest BCUT2D eigenvalue weighted by Crippen LogP contribution is 2.52. The molecule has 0 spiro atoms. The normalized spacial score (nSPS) is 27.4. The summed E-state index contributed by atoms with van der Waals surface area (Å²) in [7, 11) is -3.80. The quantitative estimate of drug-likeness (QED) is 0.573. The van der Waals surface area contributed by atoms with E-state index in [0.717, 1.165) is 38.5 Å². The lowest BCUT2D eigenvalue weighted by molar-refractivity contribution is -0.135. The highest BCUT2D eigenvalue weighted by molar-refractivity contribution is 7.89. The van der Waals surface area contributed by atoms with Gasteiger partial charge in [0.25, 0.3) is 5.91 Å². The second kappa shape index (κ2) is 8.86. The van der Waals surface area contributed by atoms with Crippen LogP contribution in [-0.2, 0) is 19.6 Å². The van der Waals surface area contributed by atoms with Gasteiger partial charge in [-0.25, -0.2) is 13.2 Å². The molecule has 0 aromatic heterocycles. The molecular formula is C24H33ClN2O5S. The number of carbonyl (C=O) groups excluding carboxylic acids is 2. The number of likely N-dealkylation sites (tertiary alicyclic amines) is 1. The van der Waals surface area contributed by atoms with Crippen LogP contribution >= 0.6 is 11.6 Å². The van der Waals surface area contributed by atoms with Crippen LogP contribution in [0, 0.1) is 10.8 Å². The van der Waals surface area contributed by atoms with Gasteiger partial charge in [0.1, 0.15) is 4.90 Å². The van der Waals surface area contributed by atoms with Crippen molar-refractivity contribution >= 4 is 33.5 Å². The first-order valence-electron chi connectivity index (χ1n) is 11.7. The van der Waals surface area contributed by atoms with Crippen molar-refractivity contribution in [1.82, 2.24) is 9.21 Å². The maximum atomic E-state index is 13.0. The minimum Gasteiger partial charge on any atom is -0.452 e. The van der Waals surface area contributed by atoms with Gasteiger partial charge < -0.3 is 9.64 Å². The second-order valence-corrected chi connectivity index (χ2v) is 13.2. The van der Waals surface area contributed by atoms with Crippen molar-refractivity contribution in [1.29, 1.82) is 0 Å². The number of esters is 1. The number of ether oxygens (including phenoxy) is 1. The minimum atomic E-state index is -3.80. The summed E-state index contributed by atoms with van der Waals surface area (Å²) in [4.78, 5) is 27.3. The minimum absolute atomic E-state index is 0.0633. The molecule has 1 aliphatic carbocycles. The number of halogens is 1. The van der Waals surface area contributed by atoms with Gasteiger partial charge in [-0.15, -0.1) is 0 Å². The summed E-state index contributed by atoms with van der Waals surface area (Å²) in [6, 6.07) is 4.24. The molecule has 7 nitrogen and oxygen atoms in total. The maximum Gasteiger partial charge on any atom is 0.338 e. The van der Waals surface area contributed by atoms with E-state index in [1.807, 2.05) is 4.90 Å². The van der Waals surface area contributed by atoms with E-state index in [4.69, 9.17) is 16.3 Å². The molecule has 1 aromatic rings. The molecule has 33 heavy (non-hydrogen) atoms. The van der Waals surface area contributed by atoms with Gasteiger partial charge in [-0.05, 0) is 61.1 Å². The molecule has 9 heteroatoms. The number of rotatable bonds is 5. The van der Waals surface area contributed by atoms with Crippen LogP contribution in [0.5, 0.6) is 0 Å². The lowest BCUT2D eigenvalue weighted by Crippen LogP contribution is -2.39. The molecule has 2 aliphatic heterocycles. The number of carbonyl (C=O) groups is 2. The summed E-state index contributed by atoms with van der Waals surface area (Å²) in [5.74, 6) is -0.936. The van der Waals surface area contributed by atoms with Crippen molar-refractivity contribution in [2.24, 2.45) is 10.8 Å². The van der Waals surface area contributed by atoms with Crippen molar-refractivity contribution < 1.29 is 22.7 Å². The number of sulfonamides is 1. The molecule has 0 N–H and O–H groups in total. The zero-order valence-corrected chi connectivity index (χ0v) is 21.2. The van der Waals surface area contributed by atoms with E-state index >= 15 is 0 Å². The predicted octanol–water partition coefficient (Wildman–Crippen LogP) is 4.10. The van der Waals surface area contributed by atoms with Crippen LogP contribution in [0.25, 0.3) is 0 Å². The van der Waals surface area contributed by atoms with Gasteiger partial charge in [0.2, 0.25) is 10.0 Å². The van der Waals surface area contributed by atoms with Gasteiger partial charge in [-0.3, -0.25) is 4.79 Å². The zero-order chi connectivity index (χ0) is 24.0. The Balaban J connectivity index is 1.43. The van der Waals surface area contributed by atoms with Crippen molar-refractivity contribution in [3.63, 3.8) is 0 Å². The summed E-state index contributed by atoms with van der Waals surface area (Å²) in [5, 5.41) is 0.0633. The van der Waals surface area contributed by atoms with Gasteiger partial charge >= 0.3 is 5.97 Å². The SMILES string of the molecule is CC1(C)CC2CC(C)(CN2C(=O)COC(=O)c2ccc(Cl)c(S(=O)(=O)N3CCCCC3)c2)C1. The molecule has 2 atom stereocenters. The highest BCUT2D eigenvalue weighted by Gasteiger charge is 2.51. The van der Waals surface area contributed by atoms with Gasteiger partial charge in [0.05, 0.1) is 10.6 Å². The monoisotopic (exact) mass is 496 g/mol. The third kappa shape index (κ3) is 5.08. The van der Waals surface area contributed by atoms with Crippen molar-refractivity contribution in [3.8, 4) is 0 Å². The third-order valence-electron chi connectivity index (χ3n) is 7.16. The summed E-state index contributed by atoms with van der Waals surface area (Å²) < 4.78 is 32.8. The van der Waals surface area contributed by atoms with Gasteiger partial charge in [0, 0.05) is 25.7 Å². The first-order chi connectivity index (χ1) is 15.4. The van der Waals surface area contributed by atoms with Crippen LogP contribution in [0.4, 0.5) is 0 Å². The molecule has 2 bridgehead atoms. The van der Waals surface area contributed by atoms with Crippen molar-refractivity contribution in [2.75, 3.05) is 26.2 Å². The summed E-state index contributed by atoms with van der Waals surface area (Å²) in [6.45, 7) is 7.89. The van der Waals surface area contributed by atoms with E-state index in [0.29, 0.717) is 19.6 Å². The number of fused-ring (bicyclic) bond motifs is 2. The highest BCUT2D eigenvalue weighted by atomic mass is 35.5. The Bertz CT molecular complexity index is 1050. The van der Waals surface area contributed by atoms with E-state index in [1.165, 1.54) is 22.5 Å². The summed E-state index contributed by atoms with van der Waals surface area (Å²) in [6.07, 6.45) is 5.58. The molecule has 2 heterocycles. The van der Waals surface area contributed by atoms with Crippen LogP contribution in [0.3, 0.4) is 0 Å². The average Bonchev–Trinajstić information content (AvgIpc) is 3.01. The Hall–Kier alpha value is -1.64. The Kier molecular flexibility index (Phi) is 6.57. The number of hydrogen-bond acceptors (Lipinski definition) is 5. The topological polar surface area (TPSA) is 84.0 Å². The zero-order valence-electron chi connectivity index (χ0n) is 19.6. The largest absolute Gasteiger partial charge is 0.452 e. The molecule has 1 saturated carbocycles. The Morgan fingerprint density at radius 2 is 1.82 bits per heavy atom. The molecule has 1 amide bonds. The van der Waals surface area contributed by atoms with Gasteiger partial charge in [-0.1, -0.05) is 38.8 Å². The molecule has 3 aliphatic rings. The Morgan fingerprint density at radius 1 is 1.12 bits per heavy atom. The van der Waals surface area contributed by atoms with E-state index < -0.39 is 16.0 Å². The maximum absolute atomic E-state index is 13.0. The first kappa shape index (κ1) is 24.5. The number of amides is 1. The smallest absolute Gasteiger partial charge is 0.338 e. The number of hydrogen-bond donors (Lipinski definition) is 0. The van der Waals surface area contributed by atoms with Crippen LogP contribution in [0.15, 0.2) is 23.1 Å². The summed E-state index contributed by atoms with van der Waals surface area (Å²) in [5.41, 5.74) is 0.346.